The van der Waals surface area contributed by atoms with E-state index in [1.165, 1.54) is 29.5 Å². The fourth-order valence-electron chi connectivity index (χ4n) is 9.06. The number of amides is 4. The zero-order valence-electron chi connectivity index (χ0n) is 32.9. The molecule has 3 aliphatic heterocycles. The van der Waals surface area contributed by atoms with E-state index in [0.29, 0.717) is 18.5 Å². The van der Waals surface area contributed by atoms with Gasteiger partial charge < -0.3 is 39.9 Å². The van der Waals surface area contributed by atoms with Gasteiger partial charge in [0.05, 0.1) is 48.4 Å². The number of fused-ring (bicyclic) bond motifs is 3. The summed E-state index contributed by atoms with van der Waals surface area (Å²) < 4.78 is 9.59. The Morgan fingerprint density at radius 2 is 1.41 bits per heavy atom. The molecular weight excluding hydrogens is 769 g/mol. The first kappa shape index (κ1) is 38.3. The van der Waals surface area contributed by atoms with Crippen molar-refractivity contribution < 1.29 is 28.7 Å². The molecule has 14 nitrogen and oxygen atoms in total. The fraction of sp³-hybridized carbons (Fsp3) is 0.364. The Morgan fingerprint density at radius 3 is 2.05 bits per heavy atom. The van der Waals surface area contributed by atoms with Crippen LogP contribution in [0.2, 0.25) is 0 Å². The second-order valence-electron chi connectivity index (χ2n) is 15.6. The van der Waals surface area contributed by atoms with Crippen molar-refractivity contribution in [2.24, 2.45) is 0 Å². The number of piperidine rings is 1. The van der Waals surface area contributed by atoms with Gasteiger partial charge in [0.2, 0.25) is 5.91 Å². The van der Waals surface area contributed by atoms with Crippen molar-refractivity contribution in [3.63, 3.8) is 0 Å². The second kappa shape index (κ2) is 16.2. The van der Waals surface area contributed by atoms with Crippen LogP contribution < -0.4 is 10.6 Å². The van der Waals surface area contributed by atoms with Crippen LogP contribution in [0.5, 0.6) is 0 Å². The number of aromatic amines is 2. The molecule has 3 aromatic heterocycles. The van der Waals surface area contributed by atoms with Gasteiger partial charge in [-0.1, -0.05) is 42.5 Å². The summed E-state index contributed by atoms with van der Waals surface area (Å²) in [6.07, 6.45) is 5.09. The molecule has 3 fully saturated rings. The normalized spacial score (nSPS) is 20.8. The Morgan fingerprint density at radius 1 is 0.780 bits per heavy atom. The van der Waals surface area contributed by atoms with E-state index in [2.05, 4.69) is 57.0 Å². The first-order valence-electron chi connectivity index (χ1n) is 20.2. The van der Waals surface area contributed by atoms with E-state index in [-0.39, 0.29) is 29.9 Å². The molecule has 0 saturated carbocycles. The first-order valence-corrected chi connectivity index (χ1v) is 21.0. The number of H-pyrrole nitrogens is 2. The Bertz CT molecular complexity index is 2530. The summed E-state index contributed by atoms with van der Waals surface area (Å²) >= 11 is 1.80. The van der Waals surface area contributed by atoms with Crippen molar-refractivity contribution in [1.29, 1.82) is 0 Å². The average molecular weight is 815 g/mol. The molecule has 0 radical (unpaired) electrons. The van der Waals surface area contributed by atoms with Crippen molar-refractivity contribution in [3.8, 4) is 0 Å². The van der Waals surface area contributed by atoms with Gasteiger partial charge in [-0.05, 0) is 91.6 Å². The smallest absolute Gasteiger partial charge is 0.407 e. The van der Waals surface area contributed by atoms with Gasteiger partial charge in [0.15, 0.2) is 0 Å². The van der Waals surface area contributed by atoms with E-state index in [1.807, 2.05) is 52.3 Å². The average Bonchev–Trinajstić information content (AvgIpc) is 4.10. The van der Waals surface area contributed by atoms with Gasteiger partial charge in [-0.15, -0.1) is 11.3 Å². The van der Waals surface area contributed by atoms with Gasteiger partial charge in [0.1, 0.15) is 23.7 Å². The van der Waals surface area contributed by atoms with E-state index in [4.69, 9.17) is 19.4 Å². The van der Waals surface area contributed by atoms with Crippen LogP contribution in [0.15, 0.2) is 78.9 Å². The number of benzene rings is 3. The number of alkyl carbamates (subject to hydrolysis) is 2. The number of rotatable bonds is 10. The van der Waals surface area contributed by atoms with Crippen LogP contribution in [0.3, 0.4) is 0 Å². The molecule has 5 atom stereocenters. The molecule has 0 aliphatic carbocycles. The lowest BCUT2D eigenvalue weighted by Crippen LogP contribution is -2.54. The zero-order valence-corrected chi connectivity index (χ0v) is 33.7. The summed E-state index contributed by atoms with van der Waals surface area (Å²) in [5, 5.41) is 5.43. The maximum Gasteiger partial charge on any atom is 0.407 e. The molecule has 0 unspecified atom stereocenters. The summed E-state index contributed by atoms with van der Waals surface area (Å²) in [7, 11) is 2.59. The summed E-state index contributed by atoms with van der Waals surface area (Å²) in [6.45, 7) is 0.566. The number of aromatic nitrogens is 4. The maximum atomic E-state index is 14.0. The van der Waals surface area contributed by atoms with Gasteiger partial charge >= 0.3 is 12.2 Å². The van der Waals surface area contributed by atoms with Crippen molar-refractivity contribution >= 4 is 57.4 Å². The quantitative estimate of drug-likeness (QED) is 0.114. The van der Waals surface area contributed by atoms with Crippen LogP contribution in [0, 0.1) is 0 Å². The minimum atomic E-state index is -0.872. The highest BCUT2D eigenvalue weighted by atomic mass is 32.1. The third-order valence-corrected chi connectivity index (χ3v) is 13.0. The number of hydrogen-bond acceptors (Lipinski definition) is 9. The predicted octanol–water partition coefficient (Wildman–Crippen LogP) is 6.99. The summed E-state index contributed by atoms with van der Waals surface area (Å²) in [5.74, 6) is 1.25. The molecule has 304 valence electrons. The van der Waals surface area contributed by atoms with E-state index in [1.54, 1.807) is 11.3 Å². The number of carbonyl (C=O) groups is 4. The Hall–Kier alpha value is -6.22. The summed E-state index contributed by atoms with van der Waals surface area (Å²) in [4.78, 5) is 74.6. The first-order chi connectivity index (χ1) is 28.7. The largest absolute Gasteiger partial charge is 0.453 e. The lowest BCUT2D eigenvalue weighted by molar-refractivity contribution is -0.139. The van der Waals surface area contributed by atoms with Crippen LogP contribution in [-0.2, 0) is 31.9 Å². The van der Waals surface area contributed by atoms with Gasteiger partial charge in [-0.2, -0.15) is 0 Å². The number of imidazole rings is 2. The van der Waals surface area contributed by atoms with E-state index >= 15 is 0 Å². The number of nitrogens with one attached hydrogen (secondary N) is 4. The number of carbonyl (C=O) groups excluding carboxylic acids is 4. The monoisotopic (exact) mass is 814 g/mol. The van der Waals surface area contributed by atoms with Gasteiger partial charge in [-0.3, -0.25) is 9.59 Å². The number of ether oxygens (including phenoxy) is 2. The molecule has 3 aromatic carbocycles. The molecule has 4 amide bonds. The molecule has 9 rings (SSSR count). The Kier molecular flexibility index (Phi) is 10.5. The zero-order chi connectivity index (χ0) is 40.6. The van der Waals surface area contributed by atoms with Crippen molar-refractivity contribution in [1.82, 2.24) is 40.4 Å². The lowest BCUT2D eigenvalue weighted by Gasteiger charge is -2.37. The fourth-order valence-corrected chi connectivity index (χ4v) is 10.1. The van der Waals surface area contributed by atoms with Gasteiger partial charge in [0, 0.05) is 35.2 Å². The number of likely N-dealkylation sites (tertiary alicyclic amines) is 1. The SMILES string of the molecule is COC(=O)N[C@H]1CC[C@H]2CC[C@@H](c3nc4ccc(Cc5ccc(Cc6ccc7nc([C@@H]8CCCN8C(=O)[C@H](NC(=O)OC)c8ccccc8)[nH]c7c6)s5)cc4[nH]3)N2C1=O. The van der Waals surface area contributed by atoms with Crippen molar-refractivity contribution in [2.45, 2.75) is 81.6 Å². The van der Waals surface area contributed by atoms with E-state index < -0.39 is 24.3 Å². The molecular formula is C44H46N8O6S. The van der Waals surface area contributed by atoms with Crippen molar-refractivity contribution in [3.05, 3.63) is 117 Å². The topological polar surface area (TPSA) is 175 Å². The highest BCUT2D eigenvalue weighted by molar-refractivity contribution is 7.12. The van der Waals surface area contributed by atoms with Crippen LogP contribution in [0.1, 0.15) is 94.7 Å². The van der Waals surface area contributed by atoms with E-state index in [9.17, 15) is 19.2 Å². The second-order valence-corrected chi connectivity index (χ2v) is 16.8. The van der Waals surface area contributed by atoms with Crippen LogP contribution in [0.25, 0.3) is 22.1 Å². The van der Waals surface area contributed by atoms with Crippen LogP contribution in [0.4, 0.5) is 9.59 Å². The Labute approximate surface area is 344 Å². The molecule has 3 saturated heterocycles. The molecule has 3 aliphatic rings. The highest BCUT2D eigenvalue weighted by Crippen LogP contribution is 2.41. The molecule has 15 heteroatoms. The van der Waals surface area contributed by atoms with Crippen LogP contribution in [-0.4, -0.2) is 86.6 Å². The molecule has 0 bridgehead atoms. The van der Waals surface area contributed by atoms with Crippen LogP contribution >= 0.6 is 11.3 Å². The molecule has 6 aromatic rings. The number of methoxy groups -OCH3 is 2. The van der Waals surface area contributed by atoms with Gasteiger partial charge in [0.25, 0.3) is 5.91 Å². The standard InChI is InChI=1S/C44H46N8O6S/c1-57-43(55)49-33-18-12-28-13-19-37(52(28)41(33)53)40-46-32-17-11-26(24-35(32)48-40)22-30-15-14-29(59-30)21-25-10-16-31-34(23-25)47-39(45-31)36-9-6-20-51(36)42(54)38(50-44(56)58-2)27-7-4-3-5-8-27/h3-5,7-8,10-11,14-17,23-24,28,33,36-38H,6,9,12-13,18-22H2,1-2H3,(H,45,47)(H,46,48)(H,49,55)(H,50,56)/t28-,33-,36-,37-,38+/m0/s1. The number of nitrogens with zero attached hydrogens (tertiary/aromatic N) is 4. The van der Waals surface area contributed by atoms with Gasteiger partial charge in [-0.25, -0.2) is 19.6 Å². The highest BCUT2D eigenvalue weighted by Gasteiger charge is 2.45. The molecule has 59 heavy (non-hydrogen) atoms. The number of hydrogen-bond donors (Lipinski definition) is 4. The molecule has 6 heterocycles. The third kappa shape index (κ3) is 7.74. The summed E-state index contributed by atoms with van der Waals surface area (Å²) in [5.41, 5.74) is 6.59. The lowest BCUT2D eigenvalue weighted by atomic mass is 9.98. The Balaban J connectivity index is 0.858. The van der Waals surface area contributed by atoms with E-state index in [0.717, 1.165) is 84.2 Å². The molecule has 0 spiro atoms. The maximum absolute atomic E-state index is 14.0. The number of thiophene rings is 1. The third-order valence-electron chi connectivity index (χ3n) is 11.9. The molecule has 4 N–H and O–H groups in total. The minimum Gasteiger partial charge on any atom is -0.453 e. The summed E-state index contributed by atoms with van der Waals surface area (Å²) in [6, 6.07) is 24.5. The minimum absolute atomic E-state index is 0.0768. The van der Waals surface area contributed by atoms with Crippen molar-refractivity contribution in [2.75, 3.05) is 20.8 Å². The predicted molar refractivity (Wildman–Crippen MR) is 222 cm³/mol.